The number of nitrogens with one attached hydrogen (secondary N) is 1. The molecule has 1 aliphatic heterocycles. The first kappa shape index (κ1) is 20.5. The van der Waals surface area contributed by atoms with Gasteiger partial charge in [0.1, 0.15) is 5.75 Å². The Hall–Kier alpha value is -1.19. The van der Waals surface area contributed by atoms with E-state index in [1.165, 1.54) is 86.6 Å². The number of methoxy groups -OCH3 is 1. The molecule has 0 spiro atoms. The van der Waals surface area contributed by atoms with Crippen molar-refractivity contribution in [2.24, 2.45) is 5.92 Å². The van der Waals surface area contributed by atoms with E-state index in [1.54, 1.807) is 7.11 Å². The number of aromatic nitrogens is 1. The Labute approximate surface area is 170 Å². The minimum atomic E-state index is 0. The molecule has 2 aromatic rings. The van der Waals surface area contributed by atoms with Gasteiger partial charge in [0.15, 0.2) is 0 Å². The molecule has 0 bridgehead atoms. The highest BCUT2D eigenvalue weighted by molar-refractivity contribution is 5.86. The highest BCUT2D eigenvalue weighted by Gasteiger charge is 2.30. The molecule has 1 atom stereocenters. The molecule has 1 saturated carbocycles. The summed E-state index contributed by atoms with van der Waals surface area (Å²) < 4.78 is 5.45. The number of nitrogens with zero attached hydrogens (tertiary/aromatic N) is 1. The third-order valence-corrected chi connectivity index (χ3v) is 6.83. The van der Waals surface area contributed by atoms with Gasteiger partial charge in [0.05, 0.1) is 7.11 Å². The van der Waals surface area contributed by atoms with Gasteiger partial charge in [-0.2, -0.15) is 0 Å². The smallest absolute Gasteiger partial charge is 0.119 e. The molecule has 1 saturated heterocycles. The van der Waals surface area contributed by atoms with Crippen LogP contribution in [-0.2, 0) is 6.42 Å². The van der Waals surface area contributed by atoms with Crippen molar-refractivity contribution in [1.29, 1.82) is 0 Å². The van der Waals surface area contributed by atoms with Crippen LogP contribution in [-0.4, -0.2) is 36.1 Å². The molecule has 1 unspecified atom stereocenters. The van der Waals surface area contributed by atoms with Gasteiger partial charge in [0.2, 0.25) is 0 Å². The van der Waals surface area contributed by atoms with E-state index in [4.69, 9.17) is 4.74 Å². The number of fused-ring (bicyclic) bond motifs is 1. The highest BCUT2D eigenvalue weighted by Crippen LogP contribution is 2.34. The van der Waals surface area contributed by atoms with E-state index in [1.807, 2.05) is 6.07 Å². The lowest BCUT2D eigenvalue weighted by atomic mass is 9.80. The molecule has 150 valence electrons. The molecule has 0 amide bonds. The zero-order chi connectivity index (χ0) is 17.9. The number of benzene rings is 1. The average molecular weight is 391 g/mol. The van der Waals surface area contributed by atoms with Gasteiger partial charge in [-0.3, -0.25) is 4.90 Å². The lowest BCUT2D eigenvalue weighted by molar-refractivity contribution is 0.0824. The second-order valence-electron chi connectivity index (χ2n) is 8.39. The molecule has 1 aliphatic carbocycles. The molecule has 27 heavy (non-hydrogen) atoms. The fourth-order valence-electron chi connectivity index (χ4n) is 5.41. The summed E-state index contributed by atoms with van der Waals surface area (Å²) in [6, 6.07) is 7.23. The van der Waals surface area contributed by atoms with Gasteiger partial charge in [-0.05, 0) is 75.3 Å². The summed E-state index contributed by atoms with van der Waals surface area (Å²) >= 11 is 0. The molecule has 2 heterocycles. The molecule has 2 aliphatic rings. The average Bonchev–Trinajstić information content (AvgIpc) is 3.01. The van der Waals surface area contributed by atoms with Gasteiger partial charge in [0, 0.05) is 29.2 Å². The zero-order valence-electron chi connectivity index (χ0n) is 16.9. The van der Waals surface area contributed by atoms with Crippen molar-refractivity contribution in [2.45, 2.75) is 70.8 Å². The number of aromatic amines is 1. The minimum Gasteiger partial charge on any atom is -0.497 e. The summed E-state index contributed by atoms with van der Waals surface area (Å²) in [7, 11) is 1.75. The van der Waals surface area contributed by atoms with Crippen LogP contribution in [0.1, 0.15) is 62.6 Å². The molecular weight excluding hydrogens is 356 g/mol. The second-order valence-corrected chi connectivity index (χ2v) is 8.39. The summed E-state index contributed by atoms with van der Waals surface area (Å²) in [5.41, 5.74) is 4.03. The van der Waals surface area contributed by atoms with Crippen molar-refractivity contribution in [3.63, 3.8) is 0 Å². The van der Waals surface area contributed by atoms with Crippen molar-refractivity contribution in [3.8, 4) is 5.75 Å². The second kappa shape index (κ2) is 9.34. The van der Waals surface area contributed by atoms with Crippen LogP contribution >= 0.6 is 12.4 Å². The fourth-order valence-corrected chi connectivity index (χ4v) is 5.41. The zero-order valence-corrected chi connectivity index (χ0v) is 17.7. The Bertz CT molecular complexity index is 735. The third-order valence-electron chi connectivity index (χ3n) is 6.83. The van der Waals surface area contributed by atoms with Gasteiger partial charge in [0.25, 0.3) is 0 Å². The molecule has 0 radical (unpaired) electrons. The van der Waals surface area contributed by atoms with E-state index < -0.39 is 0 Å². The van der Waals surface area contributed by atoms with Crippen LogP contribution in [0, 0.1) is 12.8 Å². The maximum absolute atomic E-state index is 5.45. The number of halogens is 1. The predicted octanol–water partition coefficient (Wildman–Crippen LogP) is 5.88. The van der Waals surface area contributed by atoms with Gasteiger partial charge in [-0.1, -0.05) is 25.7 Å². The van der Waals surface area contributed by atoms with Crippen LogP contribution in [0.5, 0.6) is 5.75 Å². The normalized spacial score (nSPS) is 21.9. The van der Waals surface area contributed by atoms with Crippen LogP contribution in [0.3, 0.4) is 0 Å². The van der Waals surface area contributed by atoms with E-state index in [2.05, 4.69) is 28.9 Å². The van der Waals surface area contributed by atoms with E-state index in [0.29, 0.717) is 0 Å². The largest absolute Gasteiger partial charge is 0.497 e. The van der Waals surface area contributed by atoms with Gasteiger partial charge in [-0.25, -0.2) is 0 Å². The van der Waals surface area contributed by atoms with Crippen LogP contribution in [0.15, 0.2) is 18.2 Å². The first-order chi connectivity index (χ1) is 12.8. The van der Waals surface area contributed by atoms with Crippen molar-refractivity contribution in [2.75, 3.05) is 20.2 Å². The molecule has 1 aromatic carbocycles. The quantitative estimate of drug-likeness (QED) is 0.689. The molecule has 2 fully saturated rings. The first-order valence-corrected chi connectivity index (χ1v) is 10.7. The van der Waals surface area contributed by atoms with Crippen molar-refractivity contribution >= 4 is 23.3 Å². The number of aryl methyl sites for hydroxylation is 1. The number of H-pyrrole nitrogens is 1. The molecule has 4 rings (SSSR count). The Morgan fingerprint density at radius 3 is 2.63 bits per heavy atom. The summed E-state index contributed by atoms with van der Waals surface area (Å²) in [4.78, 5) is 6.40. The molecule has 3 nitrogen and oxygen atoms in total. The van der Waals surface area contributed by atoms with Crippen LogP contribution in [0.25, 0.3) is 10.9 Å². The van der Waals surface area contributed by atoms with Crippen molar-refractivity contribution in [1.82, 2.24) is 9.88 Å². The predicted molar refractivity (Wildman–Crippen MR) is 116 cm³/mol. The summed E-state index contributed by atoms with van der Waals surface area (Å²) in [5, 5.41) is 1.34. The lowest BCUT2D eigenvalue weighted by Crippen LogP contribution is -2.45. The Kier molecular flexibility index (Phi) is 7.10. The fraction of sp³-hybridized carbons (Fsp3) is 0.652. The number of ether oxygens (including phenoxy) is 1. The Morgan fingerprint density at radius 2 is 1.85 bits per heavy atom. The van der Waals surface area contributed by atoms with Gasteiger partial charge < -0.3 is 9.72 Å². The number of hydrogen-bond donors (Lipinski definition) is 1. The van der Waals surface area contributed by atoms with Gasteiger partial charge in [-0.15, -0.1) is 12.4 Å². The highest BCUT2D eigenvalue weighted by atomic mass is 35.5. The Morgan fingerprint density at radius 1 is 1.07 bits per heavy atom. The van der Waals surface area contributed by atoms with E-state index >= 15 is 0 Å². The molecular formula is C23H35ClN2O. The SMILES string of the molecule is COc1ccc2[nH]c(C)c(CCN3CCCCC3C3CCCCC3)c2c1.Cl. The summed E-state index contributed by atoms with van der Waals surface area (Å²) in [5.74, 6) is 1.91. The minimum absolute atomic E-state index is 0. The maximum Gasteiger partial charge on any atom is 0.119 e. The van der Waals surface area contributed by atoms with E-state index in [9.17, 15) is 0 Å². The number of piperidine rings is 1. The van der Waals surface area contributed by atoms with Crippen molar-refractivity contribution in [3.05, 3.63) is 29.5 Å². The Balaban J connectivity index is 0.00000210. The van der Waals surface area contributed by atoms with Crippen molar-refractivity contribution < 1.29 is 4.74 Å². The maximum atomic E-state index is 5.45. The molecule has 1 aromatic heterocycles. The topological polar surface area (TPSA) is 28.3 Å². The van der Waals surface area contributed by atoms with Crippen LogP contribution < -0.4 is 4.74 Å². The van der Waals surface area contributed by atoms with E-state index in [-0.39, 0.29) is 12.4 Å². The molecule has 1 N–H and O–H groups in total. The monoisotopic (exact) mass is 390 g/mol. The number of rotatable bonds is 5. The summed E-state index contributed by atoms with van der Waals surface area (Å²) in [6.07, 6.45) is 12.7. The third kappa shape index (κ3) is 4.46. The lowest BCUT2D eigenvalue weighted by Gasteiger charge is -2.42. The standard InChI is InChI=1S/C23H34N2O.ClH/c1-17-20(21-16-19(26-2)11-12-22(21)24-17)13-15-25-14-7-6-10-23(25)18-8-4-3-5-9-18;/h11-12,16,18,23-24H,3-10,13-15H2,1-2H3;1H. The van der Waals surface area contributed by atoms with Crippen LogP contribution in [0.2, 0.25) is 0 Å². The van der Waals surface area contributed by atoms with E-state index in [0.717, 1.165) is 24.1 Å². The first-order valence-electron chi connectivity index (χ1n) is 10.7. The number of likely N-dealkylation sites (tertiary alicyclic amines) is 1. The molecule has 4 heteroatoms. The van der Waals surface area contributed by atoms with Gasteiger partial charge >= 0.3 is 0 Å². The number of hydrogen-bond acceptors (Lipinski definition) is 2. The van der Waals surface area contributed by atoms with Crippen LogP contribution in [0.4, 0.5) is 0 Å². The summed E-state index contributed by atoms with van der Waals surface area (Å²) in [6.45, 7) is 4.72.